The largest absolute Gasteiger partial charge is 0.338 e. The quantitative estimate of drug-likeness (QED) is 0.831. The first-order valence-corrected chi connectivity index (χ1v) is 9.13. The van der Waals surface area contributed by atoms with E-state index in [0.717, 1.165) is 43.7 Å². The van der Waals surface area contributed by atoms with E-state index >= 15 is 0 Å². The molecule has 1 saturated carbocycles. The third-order valence-electron chi connectivity index (χ3n) is 5.94. The number of carbonyl (C=O) groups excluding carboxylic acids is 1. The second kappa shape index (κ2) is 6.23. The predicted molar refractivity (Wildman–Crippen MR) is 86.7 cm³/mol. The van der Waals surface area contributed by atoms with Gasteiger partial charge in [0, 0.05) is 25.7 Å². The van der Waals surface area contributed by atoms with Gasteiger partial charge in [0.25, 0.3) is 0 Å². The molecule has 3 heterocycles. The number of fused-ring (bicyclic) bond motifs is 2. The Morgan fingerprint density at radius 1 is 1.09 bits per heavy atom. The minimum absolute atomic E-state index is 0.325. The van der Waals surface area contributed by atoms with E-state index in [2.05, 4.69) is 24.6 Å². The zero-order chi connectivity index (χ0) is 15.8. The second-order valence-electron chi connectivity index (χ2n) is 7.37. The lowest BCUT2D eigenvalue weighted by Gasteiger charge is -2.44. The van der Waals surface area contributed by atoms with Crippen molar-refractivity contribution >= 4 is 5.91 Å². The Hall–Kier alpha value is -1.43. The van der Waals surface area contributed by atoms with Crippen LogP contribution in [0.5, 0.6) is 0 Å². The van der Waals surface area contributed by atoms with Crippen molar-refractivity contribution in [2.75, 3.05) is 19.6 Å². The summed E-state index contributed by atoms with van der Waals surface area (Å²) in [5, 5.41) is 8.38. The van der Waals surface area contributed by atoms with Crippen LogP contribution in [0.15, 0.2) is 0 Å². The van der Waals surface area contributed by atoms with Crippen molar-refractivity contribution in [3.05, 3.63) is 11.6 Å². The average molecular weight is 317 g/mol. The normalized spacial score (nSPS) is 28.3. The lowest BCUT2D eigenvalue weighted by atomic mass is 9.78. The van der Waals surface area contributed by atoms with Gasteiger partial charge in [0.2, 0.25) is 5.91 Å². The molecular weight excluding hydrogens is 290 g/mol. The molecule has 2 aliphatic heterocycles. The monoisotopic (exact) mass is 317 g/mol. The zero-order valence-corrected chi connectivity index (χ0v) is 14.1. The summed E-state index contributed by atoms with van der Waals surface area (Å²) in [4.78, 5) is 17.3. The predicted octanol–water partition coefficient (Wildman–Crippen LogP) is 1.58. The van der Waals surface area contributed by atoms with E-state index < -0.39 is 0 Å². The molecule has 0 N–H and O–H groups in total. The van der Waals surface area contributed by atoms with Gasteiger partial charge in [-0.3, -0.25) is 9.69 Å². The van der Waals surface area contributed by atoms with Crippen molar-refractivity contribution in [3.8, 4) is 0 Å². The van der Waals surface area contributed by atoms with Crippen molar-refractivity contribution < 1.29 is 4.79 Å². The van der Waals surface area contributed by atoms with Crippen molar-refractivity contribution in [3.63, 3.8) is 0 Å². The summed E-state index contributed by atoms with van der Waals surface area (Å²) in [6.07, 6.45) is 7.67. The number of likely N-dealkylation sites (tertiary alicyclic amines) is 1. The van der Waals surface area contributed by atoms with Gasteiger partial charge >= 0.3 is 0 Å². The maximum Gasteiger partial charge on any atom is 0.237 e. The standard InChI is InChI=1S/C17H27N5O/c1-13-18-19-16-11-20(9-10-21(13)16)12-17(23)22-8-4-6-14-5-2-3-7-15(14)22/h14-15H,2-12H2,1H3. The Morgan fingerprint density at radius 3 is 2.83 bits per heavy atom. The van der Waals surface area contributed by atoms with E-state index in [4.69, 9.17) is 0 Å². The molecule has 6 heteroatoms. The summed E-state index contributed by atoms with van der Waals surface area (Å²) < 4.78 is 2.17. The summed E-state index contributed by atoms with van der Waals surface area (Å²) in [5.74, 6) is 3.06. The molecule has 126 valence electrons. The molecule has 1 aromatic rings. The van der Waals surface area contributed by atoms with Crippen LogP contribution in [-0.4, -0.2) is 56.1 Å². The van der Waals surface area contributed by atoms with Gasteiger partial charge in [-0.25, -0.2) is 0 Å². The third-order valence-corrected chi connectivity index (χ3v) is 5.94. The molecule has 1 saturated heterocycles. The number of hydrogen-bond acceptors (Lipinski definition) is 4. The average Bonchev–Trinajstić information content (AvgIpc) is 2.95. The molecule has 1 amide bonds. The molecular formula is C17H27N5O. The summed E-state index contributed by atoms with van der Waals surface area (Å²) in [7, 11) is 0. The fourth-order valence-electron chi connectivity index (χ4n) is 4.70. The first-order valence-electron chi connectivity index (χ1n) is 9.13. The van der Waals surface area contributed by atoms with E-state index in [1.165, 1.54) is 38.5 Å². The van der Waals surface area contributed by atoms with Crippen molar-refractivity contribution in [1.29, 1.82) is 0 Å². The molecule has 2 atom stereocenters. The first kappa shape index (κ1) is 15.1. The summed E-state index contributed by atoms with van der Waals surface area (Å²) in [6, 6.07) is 0.515. The van der Waals surface area contributed by atoms with Crippen LogP contribution in [0.25, 0.3) is 0 Å². The van der Waals surface area contributed by atoms with Crippen LogP contribution in [0, 0.1) is 12.8 Å². The minimum atomic E-state index is 0.325. The molecule has 1 aromatic heterocycles. The Kier molecular flexibility index (Phi) is 4.09. The van der Waals surface area contributed by atoms with Gasteiger partial charge < -0.3 is 9.47 Å². The number of rotatable bonds is 2. The molecule has 4 rings (SSSR count). The van der Waals surface area contributed by atoms with E-state index in [1.807, 2.05) is 6.92 Å². The molecule has 23 heavy (non-hydrogen) atoms. The van der Waals surface area contributed by atoms with Gasteiger partial charge in [0.05, 0.1) is 13.1 Å². The van der Waals surface area contributed by atoms with Gasteiger partial charge in [-0.1, -0.05) is 12.8 Å². The highest BCUT2D eigenvalue weighted by molar-refractivity contribution is 5.78. The number of hydrogen-bond donors (Lipinski definition) is 0. The molecule has 0 aromatic carbocycles. The van der Waals surface area contributed by atoms with Crippen LogP contribution in [0.2, 0.25) is 0 Å². The Balaban J connectivity index is 1.40. The van der Waals surface area contributed by atoms with Gasteiger partial charge in [0.1, 0.15) is 11.6 Å². The van der Waals surface area contributed by atoms with E-state index in [9.17, 15) is 4.79 Å². The highest BCUT2D eigenvalue weighted by Gasteiger charge is 2.36. The fraction of sp³-hybridized carbons (Fsp3) is 0.824. The van der Waals surface area contributed by atoms with Gasteiger partial charge in [-0.15, -0.1) is 10.2 Å². The maximum absolute atomic E-state index is 12.9. The fourth-order valence-corrected chi connectivity index (χ4v) is 4.70. The smallest absolute Gasteiger partial charge is 0.237 e. The van der Waals surface area contributed by atoms with Crippen LogP contribution in [0.1, 0.15) is 50.2 Å². The molecule has 6 nitrogen and oxygen atoms in total. The number of amides is 1. The van der Waals surface area contributed by atoms with Gasteiger partial charge in [0.15, 0.2) is 0 Å². The second-order valence-corrected chi connectivity index (χ2v) is 7.37. The maximum atomic E-state index is 12.9. The highest BCUT2D eigenvalue weighted by atomic mass is 16.2. The molecule has 0 spiro atoms. The van der Waals surface area contributed by atoms with Crippen molar-refractivity contribution in [2.45, 2.75) is 64.6 Å². The molecule has 0 bridgehead atoms. The van der Waals surface area contributed by atoms with Crippen molar-refractivity contribution in [1.82, 2.24) is 24.6 Å². The number of aryl methyl sites for hydroxylation is 1. The number of carbonyl (C=O) groups is 1. The molecule has 1 aliphatic carbocycles. The van der Waals surface area contributed by atoms with Gasteiger partial charge in [-0.05, 0) is 38.5 Å². The van der Waals surface area contributed by atoms with Crippen LogP contribution in [-0.2, 0) is 17.9 Å². The Labute approximate surface area is 137 Å². The van der Waals surface area contributed by atoms with Crippen LogP contribution < -0.4 is 0 Å². The number of nitrogens with zero attached hydrogens (tertiary/aromatic N) is 5. The summed E-state index contributed by atoms with van der Waals surface area (Å²) in [6.45, 7) is 6.05. The SMILES string of the molecule is Cc1nnc2n1CCN(CC(=O)N1CCCC3CCCCC31)C2. The van der Waals surface area contributed by atoms with Crippen LogP contribution in [0.3, 0.4) is 0 Å². The lowest BCUT2D eigenvalue weighted by molar-refractivity contribution is -0.139. The van der Waals surface area contributed by atoms with E-state index in [1.54, 1.807) is 0 Å². The Morgan fingerprint density at radius 2 is 1.91 bits per heavy atom. The zero-order valence-electron chi connectivity index (χ0n) is 14.1. The molecule has 0 radical (unpaired) electrons. The highest BCUT2D eigenvalue weighted by Crippen LogP contribution is 2.35. The van der Waals surface area contributed by atoms with E-state index in [0.29, 0.717) is 18.5 Å². The van der Waals surface area contributed by atoms with Crippen LogP contribution in [0.4, 0.5) is 0 Å². The van der Waals surface area contributed by atoms with Crippen molar-refractivity contribution in [2.24, 2.45) is 5.92 Å². The third kappa shape index (κ3) is 2.89. The summed E-state index contributed by atoms with van der Waals surface area (Å²) >= 11 is 0. The lowest BCUT2D eigenvalue weighted by Crippen LogP contribution is -2.53. The van der Waals surface area contributed by atoms with Gasteiger partial charge in [-0.2, -0.15) is 0 Å². The van der Waals surface area contributed by atoms with Crippen LogP contribution >= 0.6 is 0 Å². The molecule has 2 fully saturated rings. The number of aromatic nitrogens is 3. The first-order chi connectivity index (χ1) is 11.2. The number of piperidine rings is 1. The summed E-state index contributed by atoms with van der Waals surface area (Å²) in [5.41, 5.74) is 0. The molecule has 2 unspecified atom stereocenters. The topological polar surface area (TPSA) is 54.3 Å². The Bertz CT molecular complexity index is 582. The molecule has 3 aliphatic rings. The minimum Gasteiger partial charge on any atom is -0.338 e. The van der Waals surface area contributed by atoms with E-state index in [-0.39, 0.29) is 0 Å².